The van der Waals surface area contributed by atoms with Gasteiger partial charge in [-0.3, -0.25) is 9.98 Å². The minimum atomic E-state index is 0.911. The Labute approximate surface area is 132 Å². The molecule has 0 radical (unpaired) electrons. The van der Waals surface area contributed by atoms with Gasteiger partial charge in [-0.05, 0) is 76.9 Å². The summed E-state index contributed by atoms with van der Waals surface area (Å²) < 4.78 is 1.26. The van der Waals surface area contributed by atoms with Gasteiger partial charge in [0.1, 0.15) is 0 Å². The first-order valence-corrected chi connectivity index (χ1v) is 7.82. The minimum Gasteiger partial charge on any atom is -0.284 e. The molecule has 1 aromatic heterocycles. The number of allylic oxidation sites excluding steroid dienone is 1. The van der Waals surface area contributed by atoms with Crippen molar-refractivity contribution in [3.63, 3.8) is 0 Å². The van der Waals surface area contributed by atoms with Crippen LogP contribution < -0.4 is 0 Å². The van der Waals surface area contributed by atoms with E-state index in [-0.39, 0.29) is 0 Å². The average Bonchev–Trinajstić information content (AvgIpc) is 2.49. The van der Waals surface area contributed by atoms with E-state index in [9.17, 15) is 0 Å². The number of benzene rings is 1. The normalized spacial score (nSPS) is 17.1. The van der Waals surface area contributed by atoms with Crippen LogP contribution in [-0.4, -0.2) is 17.2 Å². The monoisotopic (exact) mass is 374 g/mol. The van der Waals surface area contributed by atoms with E-state index in [1.807, 2.05) is 12.3 Å². The van der Waals surface area contributed by atoms with Crippen LogP contribution in [0, 0.1) is 3.57 Å². The first kappa shape index (κ1) is 13.5. The quantitative estimate of drug-likeness (QED) is 0.718. The molecule has 100 valence electrons. The van der Waals surface area contributed by atoms with Crippen LogP contribution in [0.5, 0.6) is 0 Å². The zero-order valence-corrected chi connectivity index (χ0v) is 13.2. The fourth-order valence-corrected chi connectivity index (χ4v) is 2.97. The molecule has 0 amide bonds. The highest BCUT2D eigenvalue weighted by atomic mass is 127. The maximum absolute atomic E-state index is 4.71. The lowest BCUT2D eigenvalue weighted by molar-refractivity contribution is 0.818. The van der Waals surface area contributed by atoms with Crippen LogP contribution >= 0.6 is 22.6 Å². The van der Waals surface area contributed by atoms with E-state index in [4.69, 9.17) is 4.99 Å². The van der Waals surface area contributed by atoms with Crippen molar-refractivity contribution in [2.45, 2.75) is 12.8 Å². The molecule has 2 nitrogen and oxygen atoms in total. The predicted octanol–water partition coefficient (Wildman–Crippen LogP) is 4.35. The summed E-state index contributed by atoms with van der Waals surface area (Å²) in [6, 6.07) is 12.6. The van der Waals surface area contributed by atoms with Gasteiger partial charge in [0, 0.05) is 28.1 Å². The van der Waals surface area contributed by atoms with Gasteiger partial charge >= 0.3 is 0 Å². The number of hydrogen-bond donors (Lipinski definition) is 0. The topological polar surface area (TPSA) is 25.2 Å². The predicted molar refractivity (Wildman–Crippen MR) is 92.0 cm³/mol. The van der Waals surface area contributed by atoms with Gasteiger partial charge < -0.3 is 0 Å². The van der Waals surface area contributed by atoms with E-state index < -0.39 is 0 Å². The molecule has 3 rings (SSSR count). The van der Waals surface area contributed by atoms with Crippen LogP contribution in [0.4, 0.5) is 0 Å². The number of rotatable bonds is 2. The summed E-state index contributed by atoms with van der Waals surface area (Å²) in [4.78, 5) is 8.91. The summed E-state index contributed by atoms with van der Waals surface area (Å²) >= 11 is 2.35. The molecule has 0 spiro atoms. The van der Waals surface area contributed by atoms with E-state index in [2.05, 4.69) is 64.0 Å². The smallest absolute Gasteiger partial charge is 0.0694 e. The van der Waals surface area contributed by atoms with Crippen molar-refractivity contribution in [2.75, 3.05) is 6.54 Å². The fourth-order valence-electron chi connectivity index (χ4n) is 2.40. The summed E-state index contributed by atoms with van der Waals surface area (Å²) in [6.45, 7) is 0.911. The number of pyridine rings is 1. The average molecular weight is 374 g/mol. The molecule has 1 aliphatic heterocycles. The number of nitrogens with zero attached hydrogens (tertiary/aromatic N) is 2. The molecule has 1 aliphatic rings. The molecule has 2 heterocycles. The lowest BCUT2D eigenvalue weighted by Gasteiger charge is -2.16. The van der Waals surface area contributed by atoms with Crippen LogP contribution in [0.25, 0.3) is 6.08 Å². The van der Waals surface area contributed by atoms with Crippen molar-refractivity contribution >= 4 is 34.4 Å². The van der Waals surface area contributed by atoms with Crippen molar-refractivity contribution in [1.29, 1.82) is 0 Å². The molecule has 0 saturated carbocycles. The van der Waals surface area contributed by atoms with Crippen molar-refractivity contribution < 1.29 is 0 Å². The van der Waals surface area contributed by atoms with Crippen LogP contribution in [0.1, 0.15) is 24.0 Å². The highest BCUT2D eigenvalue weighted by Gasteiger charge is 2.14. The Morgan fingerprint density at radius 1 is 1.15 bits per heavy atom. The molecular weight excluding hydrogens is 359 g/mol. The van der Waals surface area contributed by atoms with Crippen LogP contribution in [0.2, 0.25) is 0 Å². The molecule has 0 aliphatic carbocycles. The fraction of sp³-hybridized carbons (Fsp3) is 0.176. The number of hydrogen-bond acceptors (Lipinski definition) is 2. The molecule has 0 N–H and O–H groups in total. The molecule has 0 unspecified atom stereocenters. The van der Waals surface area contributed by atoms with Crippen molar-refractivity contribution in [3.8, 4) is 0 Å². The Morgan fingerprint density at radius 3 is 2.90 bits per heavy atom. The van der Waals surface area contributed by atoms with Gasteiger partial charge in [0.05, 0.1) is 5.71 Å². The third-order valence-corrected chi connectivity index (χ3v) is 3.97. The maximum Gasteiger partial charge on any atom is 0.0694 e. The standard InChI is InChI=1S/C17H15IN2/c18-16-7-1-4-13(11-16)10-14-5-3-9-20-17(14)15-6-2-8-19-12-15/h1-2,4,6-8,10-12H,3,5,9H2. The molecule has 20 heavy (non-hydrogen) atoms. The van der Waals surface area contributed by atoms with Crippen molar-refractivity contribution in [3.05, 3.63) is 69.1 Å². The van der Waals surface area contributed by atoms with Gasteiger partial charge in [-0.2, -0.15) is 0 Å². The van der Waals surface area contributed by atoms with Gasteiger partial charge in [-0.1, -0.05) is 12.1 Å². The lowest BCUT2D eigenvalue weighted by Crippen LogP contribution is -2.11. The SMILES string of the molecule is Ic1cccc(C=C2CCCN=C2c2cccnc2)c1. The molecule has 0 bridgehead atoms. The summed E-state index contributed by atoms with van der Waals surface area (Å²) in [5.41, 5.74) is 4.77. The van der Waals surface area contributed by atoms with Crippen LogP contribution in [0.3, 0.4) is 0 Å². The number of aliphatic imine (C=N–C) groups is 1. The maximum atomic E-state index is 4.71. The van der Waals surface area contributed by atoms with Crippen molar-refractivity contribution in [2.24, 2.45) is 4.99 Å². The van der Waals surface area contributed by atoms with E-state index in [0.29, 0.717) is 0 Å². The Morgan fingerprint density at radius 2 is 2.10 bits per heavy atom. The van der Waals surface area contributed by atoms with Gasteiger partial charge in [0.2, 0.25) is 0 Å². The minimum absolute atomic E-state index is 0.911. The molecule has 3 heteroatoms. The second kappa shape index (κ2) is 6.31. The van der Waals surface area contributed by atoms with Crippen LogP contribution in [-0.2, 0) is 0 Å². The zero-order chi connectivity index (χ0) is 13.8. The third-order valence-electron chi connectivity index (χ3n) is 3.30. The zero-order valence-electron chi connectivity index (χ0n) is 11.1. The first-order chi connectivity index (χ1) is 9.83. The lowest BCUT2D eigenvalue weighted by atomic mass is 9.95. The van der Waals surface area contributed by atoms with Gasteiger partial charge in [0.25, 0.3) is 0 Å². The van der Waals surface area contributed by atoms with E-state index in [1.165, 1.54) is 14.7 Å². The first-order valence-electron chi connectivity index (χ1n) is 6.74. The number of aromatic nitrogens is 1. The Hall–Kier alpha value is -1.49. The second-order valence-corrected chi connectivity index (χ2v) is 6.05. The van der Waals surface area contributed by atoms with Gasteiger partial charge in [0.15, 0.2) is 0 Å². The summed E-state index contributed by atoms with van der Waals surface area (Å²) in [5.74, 6) is 0. The Bertz CT molecular complexity index is 660. The Kier molecular flexibility index (Phi) is 4.25. The van der Waals surface area contributed by atoms with Crippen LogP contribution in [0.15, 0.2) is 59.4 Å². The van der Waals surface area contributed by atoms with E-state index in [0.717, 1.165) is 30.7 Å². The Balaban J connectivity index is 1.99. The molecule has 1 aromatic carbocycles. The number of halogens is 1. The van der Waals surface area contributed by atoms with E-state index in [1.54, 1.807) is 6.20 Å². The molecule has 0 saturated heterocycles. The second-order valence-electron chi connectivity index (χ2n) is 4.80. The largest absolute Gasteiger partial charge is 0.284 e. The van der Waals surface area contributed by atoms with Crippen molar-refractivity contribution in [1.82, 2.24) is 4.98 Å². The summed E-state index contributed by atoms with van der Waals surface area (Å²) in [6.07, 6.45) is 8.16. The van der Waals surface area contributed by atoms with E-state index >= 15 is 0 Å². The van der Waals surface area contributed by atoms with Gasteiger partial charge in [-0.15, -0.1) is 0 Å². The highest BCUT2D eigenvalue weighted by Crippen LogP contribution is 2.22. The molecule has 0 atom stereocenters. The summed E-state index contributed by atoms with van der Waals surface area (Å²) in [7, 11) is 0. The highest BCUT2D eigenvalue weighted by molar-refractivity contribution is 14.1. The molecular formula is C17H15IN2. The summed E-state index contributed by atoms with van der Waals surface area (Å²) in [5, 5.41) is 0. The molecule has 2 aromatic rings. The third kappa shape index (κ3) is 3.15. The molecule has 0 fully saturated rings. The van der Waals surface area contributed by atoms with Gasteiger partial charge in [-0.25, -0.2) is 0 Å².